The molecule has 0 saturated carbocycles. The number of benzene rings is 2. The smallest absolute Gasteiger partial charge is 0.319 e. The van der Waals surface area contributed by atoms with Gasteiger partial charge in [-0.25, -0.2) is 13.9 Å². The Hall–Kier alpha value is -3.86. The van der Waals surface area contributed by atoms with E-state index in [1.165, 1.54) is 33.7 Å². The second kappa shape index (κ2) is 12.6. The Labute approximate surface area is 222 Å². The number of halogens is 1. The van der Waals surface area contributed by atoms with E-state index in [0.29, 0.717) is 35.1 Å². The molecule has 1 aliphatic heterocycles. The van der Waals surface area contributed by atoms with Gasteiger partial charge in [-0.3, -0.25) is 4.79 Å². The normalized spacial score (nSPS) is 15.7. The Morgan fingerprint density at radius 2 is 1.95 bits per heavy atom. The van der Waals surface area contributed by atoms with Gasteiger partial charge in [-0.1, -0.05) is 12.1 Å². The molecule has 1 saturated heterocycles. The second-order valence-electron chi connectivity index (χ2n) is 10.00. The molecule has 1 fully saturated rings. The molecule has 0 aliphatic carbocycles. The van der Waals surface area contributed by atoms with Crippen LogP contribution in [-0.4, -0.2) is 82.2 Å². The van der Waals surface area contributed by atoms with E-state index in [9.17, 15) is 14.0 Å². The van der Waals surface area contributed by atoms with Gasteiger partial charge in [0.05, 0.1) is 0 Å². The number of piperidine rings is 1. The Balaban J connectivity index is 1.27. The predicted octanol–water partition coefficient (Wildman–Crippen LogP) is 3.18. The first-order chi connectivity index (χ1) is 18.3. The Morgan fingerprint density at radius 1 is 1.16 bits per heavy atom. The molecule has 0 unspecified atom stereocenters. The molecule has 0 radical (unpaired) electrons. The number of carbonyl (C=O) groups is 2. The summed E-state index contributed by atoms with van der Waals surface area (Å²) in [5.74, 6) is 0.653. The molecule has 0 bridgehead atoms. The molecule has 1 aromatic heterocycles. The van der Waals surface area contributed by atoms with Crippen molar-refractivity contribution in [3.8, 4) is 11.4 Å². The zero-order valence-electron chi connectivity index (χ0n) is 22.2. The molecular weight excluding hydrogens is 487 g/mol. The number of rotatable bonds is 9. The number of nitrogens with zero attached hydrogens (tertiary/aromatic N) is 6. The summed E-state index contributed by atoms with van der Waals surface area (Å²) in [5, 5.41) is 17.3. The number of nitrogens with one attached hydrogen (secondary N) is 2. The maximum absolute atomic E-state index is 13.2. The van der Waals surface area contributed by atoms with Crippen molar-refractivity contribution in [2.45, 2.75) is 25.7 Å². The van der Waals surface area contributed by atoms with Crippen LogP contribution in [0.2, 0.25) is 0 Å². The fourth-order valence-corrected chi connectivity index (χ4v) is 4.84. The summed E-state index contributed by atoms with van der Waals surface area (Å²) in [6, 6.07) is 11.5. The SMILES string of the molecule is CN(C)C(=O)c1cc(NC(=O)NCCCN2CCC[C@@H](Cc3ccc(F)cc3)C2)cc(-c2nnnn2C)c1. The average molecular weight is 523 g/mol. The van der Waals surface area contributed by atoms with Gasteiger partial charge in [0.15, 0.2) is 5.82 Å². The summed E-state index contributed by atoms with van der Waals surface area (Å²) < 4.78 is 14.7. The largest absolute Gasteiger partial charge is 0.345 e. The van der Waals surface area contributed by atoms with E-state index in [-0.39, 0.29) is 17.8 Å². The summed E-state index contributed by atoms with van der Waals surface area (Å²) in [7, 11) is 5.06. The topological polar surface area (TPSA) is 108 Å². The van der Waals surface area contributed by atoms with Gasteiger partial charge in [-0.05, 0) is 91.0 Å². The molecule has 11 heteroatoms. The van der Waals surface area contributed by atoms with Crippen molar-refractivity contribution in [2.75, 3.05) is 45.6 Å². The number of carbonyl (C=O) groups excluding carboxylic acids is 2. The number of amides is 3. The number of hydrogen-bond donors (Lipinski definition) is 2. The maximum Gasteiger partial charge on any atom is 0.319 e. The summed E-state index contributed by atoms with van der Waals surface area (Å²) in [4.78, 5) is 29.1. The Morgan fingerprint density at radius 3 is 2.66 bits per heavy atom. The molecule has 2 N–H and O–H groups in total. The number of aryl methyl sites for hydroxylation is 1. The third kappa shape index (κ3) is 7.34. The zero-order valence-corrected chi connectivity index (χ0v) is 22.2. The summed E-state index contributed by atoms with van der Waals surface area (Å²) in [5.41, 5.74) is 2.70. The number of hydrogen-bond acceptors (Lipinski definition) is 6. The van der Waals surface area contributed by atoms with Gasteiger partial charge < -0.3 is 20.4 Å². The highest BCUT2D eigenvalue weighted by Crippen LogP contribution is 2.24. The van der Waals surface area contributed by atoms with Gasteiger partial charge in [0.1, 0.15) is 5.82 Å². The minimum Gasteiger partial charge on any atom is -0.345 e. The van der Waals surface area contributed by atoms with E-state index < -0.39 is 0 Å². The highest BCUT2D eigenvalue weighted by molar-refractivity contribution is 5.98. The van der Waals surface area contributed by atoms with Gasteiger partial charge in [0, 0.05) is 51.0 Å². The summed E-state index contributed by atoms with van der Waals surface area (Å²) in [6.45, 7) is 3.49. The molecular formula is C27H35FN8O2. The first-order valence-electron chi connectivity index (χ1n) is 12.9. The van der Waals surface area contributed by atoms with Crippen LogP contribution in [0.1, 0.15) is 35.2 Å². The van der Waals surface area contributed by atoms with Crippen molar-refractivity contribution in [3.05, 3.63) is 59.4 Å². The van der Waals surface area contributed by atoms with Crippen molar-refractivity contribution < 1.29 is 14.0 Å². The van der Waals surface area contributed by atoms with Crippen LogP contribution < -0.4 is 10.6 Å². The van der Waals surface area contributed by atoms with Crippen LogP contribution in [0.25, 0.3) is 11.4 Å². The Kier molecular flexibility index (Phi) is 9.01. The number of likely N-dealkylation sites (tertiary alicyclic amines) is 1. The highest BCUT2D eigenvalue weighted by Gasteiger charge is 2.20. The molecule has 0 spiro atoms. The predicted molar refractivity (Wildman–Crippen MR) is 143 cm³/mol. The lowest BCUT2D eigenvalue weighted by atomic mass is 9.91. The molecule has 2 aromatic carbocycles. The molecule has 3 aromatic rings. The molecule has 3 amide bonds. The van der Waals surface area contributed by atoms with Crippen LogP contribution in [0, 0.1) is 11.7 Å². The number of aromatic nitrogens is 4. The van der Waals surface area contributed by atoms with Gasteiger partial charge in [0.25, 0.3) is 5.91 Å². The first kappa shape index (κ1) is 27.2. The molecule has 1 atom stereocenters. The van der Waals surface area contributed by atoms with E-state index in [2.05, 4.69) is 31.1 Å². The molecule has 202 valence electrons. The first-order valence-corrected chi connectivity index (χ1v) is 12.9. The molecule has 1 aliphatic rings. The minimum atomic E-state index is -0.339. The lowest BCUT2D eigenvalue weighted by Gasteiger charge is -2.32. The van der Waals surface area contributed by atoms with E-state index >= 15 is 0 Å². The summed E-state index contributed by atoms with van der Waals surface area (Å²) in [6.07, 6.45) is 4.10. The molecule has 10 nitrogen and oxygen atoms in total. The maximum atomic E-state index is 13.2. The third-order valence-corrected chi connectivity index (χ3v) is 6.70. The quantitative estimate of drug-likeness (QED) is 0.418. The fourth-order valence-electron chi connectivity index (χ4n) is 4.84. The van der Waals surface area contributed by atoms with E-state index in [4.69, 9.17) is 0 Å². The lowest BCUT2D eigenvalue weighted by Crippen LogP contribution is -2.38. The monoisotopic (exact) mass is 522 g/mol. The van der Waals surface area contributed by atoms with Crippen molar-refractivity contribution in [2.24, 2.45) is 13.0 Å². The van der Waals surface area contributed by atoms with Gasteiger partial charge in [-0.15, -0.1) is 5.10 Å². The molecule has 2 heterocycles. The number of tetrazole rings is 1. The second-order valence-corrected chi connectivity index (χ2v) is 10.00. The van der Waals surface area contributed by atoms with Gasteiger partial charge >= 0.3 is 6.03 Å². The van der Waals surface area contributed by atoms with Crippen molar-refractivity contribution in [3.63, 3.8) is 0 Å². The van der Waals surface area contributed by atoms with E-state index in [1.807, 2.05) is 12.1 Å². The van der Waals surface area contributed by atoms with Crippen molar-refractivity contribution >= 4 is 17.6 Å². The number of anilines is 1. The van der Waals surface area contributed by atoms with Crippen molar-refractivity contribution in [1.29, 1.82) is 0 Å². The lowest BCUT2D eigenvalue weighted by molar-refractivity contribution is 0.0827. The van der Waals surface area contributed by atoms with Crippen molar-refractivity contribution in [1.82, 2.24) is 35.3 Å². The third-order valence-electron chi connectivity index (χ3n) is 6.70. The van der Waals surface area contributed by atoms with Gasteiger partial charge in [-0.2, -0.15) is 0 Å². The number of urea groups is 1. The average Bonchev–Trinajstić information content (AvgIpc) is 3.33. The van der Waals surface area contributed by atoms with Crippen LogP contribution in [-0.2, 0) is 13.5 Å². The van der Waals surface area contributed by atoms with Gasteiger partial charge in [0.2, 0.25) is 0 Å². The highest BCUT2D eigenvalue weighted by atomic mass is 19.1. The summed E-state index contributed by atoms with van der Waals surface area (Å²) >= 11 is 0. The standard InChI is InChI=1S/C27H35FN8O2/c1-34(2)26(37)22-15-21(25-31-32-33-35(25)3)16-24(17-22)30-27(38)29-11-5-13-36-12-4-6-20(18-36)14-19-7-9-23(28)10-8-19/h7-10,15-17,20H,4-6,11-14,18H2,1-3H3,(H2,29,30,38)/t20-/m0/s1. The van der Waals surface area contributed by atoms with Crippen LogP contribution in [0.3, 0.4) is 0 Å². The minimum absolute atomic E-state index is 0.190. The van der Waals surface area contributed by atoms with E-state index in [1.54, 1.807) is 39.3 Å². The van der Waals surface area contributed by atoms with Crippen LogP contribution in [0.4, 0.5) is 14.9 Å². The molecule has 4 rings (SSSR count). The fraction of sp³-hybridized carbons (Fsp3) is 0.444. The van der Waals surface area contributed by atoms with Crippen LogP contribution in [0.5, 0.6) is 0 Å². The van der Waals surface area contributed by atoms with Crippen LogP contribution >= 0.6 is 0 Å². The van der Waals surface area contributed by atoms with Crippen LogP contribution in [0.15, 0.2) is 42.5 Å². The van der Waals surface area contributed by atoms with E-state index in [0.717, 1.165) is 38.9 Å². The molecule has 38 heavy (non-hydrogen) atoms. The zero-order chi connectivity index (χ0) is 27.1. The Bertz CT molecular complexity index is 1240.